The van der Waals surface area contributed by atoms with Gasteiger partial charge in [0.15, 0.2) is 0 Å². The SMILES string of the molecule is CN1CCc2cc(C(O)Cc3cncc(Br)c3)ccc21. The van der Waals surface area contributed by atoms with Gasteiger partial charge in [-0.1, -0.05) is 12.1 Å². The van der Waals surface area contributed by atoms with Gasteiger partial charge in [-0.15, -0.1) is 0 Å². The Morgan fingerprint density at radius 1 is 1.35 bits per heavy atom. The maximum Gasteiger partial charge on any atom is 0.0831 e. The van der Waals surface area contributed by atoms with Crippen molar-refractivity contribution in [2.75, 3.05) is 18.5 Å². The summed E-state index contributed by atoms with van der Waals surface area (Å²) in [4.78, 5) is 6.39. The van der Waals surface area contributed by atoms with Crippen molar-refractivity contribution in [3.63, 3.8) is 0 Å². The first kappa shape index (κ1) is 13.6. The van der Waals surface area contributed by atoms with Crippen LogP contribution in [0.1, 0.15) is 22.8 Å². The lowest BCUT2D eigenvalue weighted by Crippen LogP contribution is -2.12. The van der Waals surface area contributed by atoms with Crippen molar-refractivity contribution in [2.45, 2.75) is 18.9 Å². The van der Waals surface area contributed by atoms with E-state index in [9.17, 15) is 5.11 Å². The van der Waals surface area contributed by atoms with Crippen LogP contribution in [0.25, 0.3) is 0 Å². The summed E-state index contributed by atoms with van der Waals surface area (Å²) >= 11 is 3.41. The fourth-order valence-electron chi connectivity index (χ4n) is 2.70. The molecule has 3 rings (SSSR count). The Hall–Kier alpha value is -1.39. The van der Waals surface area contributed by atoms with E-state index < -0.39 is 6.10 Å². The topological polar surface area (TPSA) is 36.4 Å². The Labute approximate surface area is 127 Å². The van der Waals surface area contributed by atoms with Gasteiger partial charge >= 0.3 is 0 Å². The van der Waals surface area contributed by atoms with Crippen molar-refractivity contribution in [1.82, 2.24) is 4.98 Å². The Balaban J connectivity index is 1.79. The molecule has 1 aromatic heterocycles. The van der Waals surface area contributed by atoms with Crippen LogP contribution in [0.2, 0.25) is 0 Å². The third-order valence-corrected chi connectivity index (χ3v) is 4.24. The summed E-state index contributed by atoms with van der Waals surface area (Å²) in [5.74, 6) is 0. The maximum absolute atomic E-state index is 10.4. The largest absolute Gasteiger partial charge is 0.388 e. The van der Waals surface area contributed by atoms with Gasteiger partial charge < -0.3 is 10.0 Å². The van der Waals surface area contributed by atoms with Gasteiger partial charge in [-0.05, 0) is 51.2 Å². The average molecular weight is 333 g/mol. The monoisotopic (exact) mass is 332 g/mol. The molecule has 0 saturated heterocycles. The van der Waals surface area contributed by atoms with Crippen LogP contribution in [0.15, 0.2) is 41.1 Å². The first-order valence-electron chi connectivity index (χ1n) is 6.75. The molecule has 0 spiro atoms. The number of pyridine rings is 1. The van der Waals surface area contributed by atoms with Crippen molar-refractivity contribution in [2.24, 2.45) is 0 Å². The molecule has 2 aromatic rings. The molecule has 2 heterocycles. The molecule has 3 nitrogen and oxygen atoms in total. The van der Waals surface area contributed by atoms with Crippen LogP contribution in [-0.4, -0.2) is 23.7 Å². The van der Waals surface area contributed by atoms with Gasteiger partial charge in [-0.3, -0.25) is 4.98 Å². The van der Waals surface area contributed by atoms with Crippen LogP contribution >= 0.6 is 15.9 Å². The highest BCUT2D eigenvalue weighted by molar-refractivity contribution is 9.10. The van der Waals surface area contributed by atoms with E-state index in [1.54, 1.807) is 12.4 Å². The Morgan fingerprint density at radius 2 is 2.20 bits per heavy atom. The summed E-state index contributed by atoms with van der Waals surface area (Å²) in [6, 6.07) is 8.27. The lowest BCUT2D eigenvalue weighted by Gasteiger charge is -2.15. The van der Waals surface area contributed by atoms with E-state index >= 15 is 0 Å². The Bertz CT molecular complexity index is 630. The van der Waals surface area contributed by atoms with Crippen LogP contribution in [0.4, 0.5) is 5.69 Å². The van der Waals surface area contributed by atoms with E-state index in [-0.39, 0.29) is 0 Å². The number of rotatable bonds is 3. The molecule has 0 bridgehead atoms. The number of benzene rings is 1. The molecule has 0 amide bonds. The third kappa shape index (κ3) is 2.72. The van der Waals surface area contributed by atoms with Gasteiger partial charge in [-0.25, -0.2) is 0 Å². The van der Waals surface area contributed by atoms with Gasteiger partial charge in [0.25, 0.3) is 0 Å². The Morgan fingerprint density at radius 3 is 3.00 bits per heavy atom. The zero-order valence-corrected chi connectivity index (χ0v) is 13.0. The molecule has 1 aliphatic rings. The number of fused-ring (bicyclic) bond motifs is 1. The smallest absolute Gasteiger partial charge is 0.0831 e. The van der Waals surface area contributed by atoms with Gasteiger partial charge in [0.05, 0.1) is 6.10 Å². The highest BCUT2D eigenvalue weighted by atomic mass is 79.9. The zero-order chi connectivity index (χ0) is 14.1. The number of hydrogen-bond donors (Lipinski definition) is 1. The number of aromatic nitrogens is 1. The summed E-state index contributed by atoms with van der Waals surface area (Å²) in [6.45, 7) is 1.06. The van der Waals surface area contributed by atoms with Crippen molar-refractivity contribution in [3.05, 3.63) is 57.8 Å². The molecule has 0 aliphatic carbocycles. The van der Waals surface area contributed by atoms with Crippen LogP contribution in [0, 0.1) is 0 Å². The van der Waals surface area contributed by atoms with E-state index in [1.165, 1.54) is 11.3 Å². The molecule has 1 aromatic carbocycles. The minimum Gasteiger partial charge on any atom is -0.388 e. The predicted octanol–water partition coefficient (Wildman–Crippen LogP) is 3.11. The third-order valence-electron chi connectivity index (χ3n) is 3.81. The van der Waals surface area contributed by atoms with Gasteiger partial charge in [0.2, 0.25) is 0 Å². The second-order valence-corrected chi connectivity index (χ2v) is 6.21. The van der Waals surface area contributed by atoms with Crippen molar-refractivity contribution < 1.29 is 5.11 Å². The zero-order valence-electron chi connectivity index (χ0n) is 11.4. The minimum absolute atomic E-state index is 0.484. The lowest BCUT2D eigenvalue weighted by molar-refractivity contribution is 0.178. The second-order valence-electron chi connectivity index (χ2n) is 5.29. The summed E-state index contributed by atoms with van der Waals surface area (Å²) < 4.78 is 0.942. The number of aliphatic hydroxyl groups is 1. The van der Waals surface area contributed by atoms with Crippen molar-refractivity contribution in [1.29, 1.82) is 0 Å². The highest BCUT2D eigenvalue weighted by Gasteiger charge is 2.18. The van der Waals surface area contributed by atoms with Crippen LogP contribution < -0.4 is 4.90 Å². The van der Waals surface area contributed by atoms with Crippen LogP contribution in [0.5, 0.6) is 0 Å². The standard InChI is InChI=1S/C16H17BrN2O/c1-19-5-4-12-8-13(2-3-15(12)19)16(20)7-11-6-14(17)10-18-9-11/h2-3,6,8-10,16,20H,4-5,7H2,1H3. The van der Waals surface area contributed by atoms with Gasteiger partial charge in [0, 0.05) is 42.6 Å². The molecular formula is C16H17BrN2O. The summed E-state index contributed by atoms with van der Waals surface area (Å²) in [5.41, 5.74) is 4.63. The molecule has 20 heavy (non-hydrogen) atoms. The number of aliphatic hydroxyl groups excluding tert-OH is 1. The van der Waals surface area contributed by atoms with Crippen LogP contribution in [-0.2, 0) is 12.8 Å². The molecular weight excluding hydrogens is 316 g/mol. The molecule has 0 fully saturated rings. The minimum atomic E-state index is -0.484. The van der Waals surface area contributed by atoms with E-state index in [1.807, 2.05) is 12.1 Å². The first-order valence-corrected chi connectivity index (χ1v) is 7.54. The van der Waals surface area contributed by atoms with Gasteiger partial charge in [-0.2, -0.15) is 0 Å². The lowest BCUT2D eigenvalue weighted by atomic mass is 9.99. The summed E-state index contributed by atoms with van der Waals surface area (Å²) in [6.07, 6.45) is 4.71. The van der Waals surface area contributed by atoms with Crippen LogP contribution in [0.3, 0.4) is 0 Å². The number of nitrogens with zero attached hydrogens (tertiary/aromatic N) is 2. The second kappa shape index (κ2) is 5.54. The Kier molecular flexibility index (Phi) is 3.76. The quantitative estimate of drug-likeness (QED) is 0.938. The predicted molar refractivity (Wildman–Crippen MR) is 84.0 cm³/mol. The molecule has 4 heteroatoms. The summed E-state index contributed by atoms with van der Waals surface area (Å²) in [7, 11) is 2.11. The molecule has 1 unspecified atom stereocenters. The van der Waals surface area contributed by atoms with E-state index in [2.05, 4.69) is 45.0 Å². The molecule has 0 saturated carbocycles. The number of likely N-dealkylation sites (N-methyl/N-ethyl adjacent to an activating group) is 1. The van der Waals surface area contributed by atoms with Crippen molar-refractivity contribution >= 4 is 21.6 Å². The number of halogens is 1. The molecule has 104 valence electrons. The summed E-state index contributed by atoms with van der Waals surface area (Å²) in [5, 5.41) is 10.4. The van der Waals surface area contributed by atoms with E-state index in [0.29, 0.717) is 6.42 Å². The van der Waals surface area contributed by atoms with E-state index in [4.69, 9.17) is 0 Å². The van der Waals surface area contributed by atoms with E-state index in [0.717, 1.165) is 28.6 Å². The fraction of sp³-hybridized carbons (Fsp3) is 0.312. The molecule has 0 radical (unpaired) electrons. The molecule has 1 aliphatic heterocycles. The van der Waals surface area contributed by atoms with Gasteiger partial charge in [0.1, 0.15) is 0 Å². The fourth-order valence-corrected chi connectivity index (χ4v) is 3.11. The van der Waals surface area contributed by atoms with Crippen molar-refractivity contribution in [3.8, 4) is 0 Å². The first-order chi connectivity index (χ1) is 9.63. The number of hydrogen-bond acceptors (Lipinski definition) is 3. The number of anilines is 1. The average Bonchev–Trinajstić information content (AvgIpc) is 2.80. The molecule has 1 atom stereocenters. The maximum atomic E-state index is 10.4. The molecule has 1 N–H and O–H groups in total. The highest BCUT2D eigenvalue weighted by Crippen LogP contribution is 2.30. The normalized spacial score (nSPS) is 15.2.